The minimum atomic E-state index is 0.232. The van der Waals surface area contributed by atoms with Crippen molar-refractivity contribution in [3.05, 3.63) is 23.5 Å². The SMILES string of the molecule is CCC(CC#N)NCc1cc(C#N)n(C)c1. The predicted molar refractivity (Wildman–Crippen MR) is 61.3 cm³/mol. The second-order valence-electron chi connectivity index (χ2n) is 3.80. The van der Waals surface area contributed by atoms with Crippen LogP contribution >= 0.6 is 0 Å². The van der Waals surface area contributed by atoms with Crippen molar-refractivity contribution < 1.29 is 0 Å². The van der Waals surface area contributed by atoms with Crippen molar-refractivity contribution >= 4 is 0 Å². The summed E-state index contributed by atoms with van der Waals surface area (Å²) in [5.41, 5.74) is 1.74. The van der Waals surface area contributed by atoms with E-state index < -0.39 is 0 Å². The molecule has 1 heterocycles. The number of rotatable bonds is 5. The first-order chi connectivity index (χ1) is 7.71. The van der Waals surface area contributed by atoms with Gasteiger partial charge in [0.15, 0.2) is 0 Å². The van der Waals surface area contributed by atoms with Gasteiger partial charge in [0.1, 0.15) is 11.8 Å². The lowest BCUT2D eigenvalue weighted by molar-refractivity contribution is 0.505. The van der Waals surface area contributed by atoms with Crippen LogP contribution in [0.2, 0.25) is 0 Å². The fourth-order valence-electron chi connectivity index (χ4n) is 1.57. The quantitative estimate of drug-likeness (QED) is 0.814. The lowest BCUT2D eigenvalue weighted by Crippen LogP contribution is -2.27. The van der Waals surface area contributed by atoms with Crippen molar-refractivity contribution in [1.82, 2.24) is 9.88 Å². The number of nitriles is 2. The third-order valence-electron chi connectivity index (χ3n) is 2.60. The molecule has 84 valence electrons. The average Bonchev–Trinajstić information content (AvgIpc) is 2.65. The van der Waals surface area contributed by atoms with Gasteiger partial charge in [-0.15, -0.1) is 0 Å². The van der Waals surface area contributed by atoms with E-state index in [-0.39, 0.29) is 6.04 Å². The summed E-state index contributed by atoms with van der Waals surface area (Å²) in [7, 11) is 1.86. The van der Waals surface area contributed by atoms with E-state index in [9.17, 15) is 0 Å². The fraction of sp³-hybridized carbons (Fsp3) is 0.500. The number of aromatic nitrogens is 1. The fourth-order valence-corrected chi connectivity index (χ4v) is 1.57. The molecule has 0 amide bonds. The predicted octanol–water partition coefficient (Wildman–Crippen LogP) is 1.68. The van der Waals surface area contributed by atoms with E-state index in [0.29, 0.717) is 18.7 Å². The van der Waals surface area contributed by atoms with Crippen molar-refractivity contribution in [2.24, 2.45) is 7.05 Å². The number of hydrogen-bond acceptors (Lipinski definition) is 3. The Labute approximate surface area is 96.1 Å². The van der Waals surface area contributed by atoms with Crippen LogP contribution in [0.4, 0.5) is 0 Å². The smallest absolute Gasteiger partial charge is 0.120 e. The molecule has 1 aromatic heterocycles. The molecule has 0 saturated heterocycles. The molecule has 1 atom stereocenters. The van der Waals surface area contributed by atoms with Crippen LogP contribution in [-0.2, 0) is 13.6 Å². The van der Waals surface area contributed by atoms with E-state index in [1.165, 1.54) is 0 Å². The summed E-state index contributed by atoms with van der Waals surface area (Å²) < 4.78 is 1.81. The first-order valence-electron chi connectivity index (χ1n) is 5.37. The van der Waals surface area contributed by atoms with Gasteiger partial charge in [-0.05, 0) is 18.1 Å². The standard InChI is InChI=1S/C12H16N4/c1-3-11(4-5-13)15-8-10-6-12(7-14)16(2)9-10/h6,9,11,15H,3-4,8H2,1-2H3. The van der Waals surface area contributed by atoms with Gasteiger partial charge >= 0.3 is 0 Å². The molecular weight excluding hydrogens is 200 g/mol. The van der Waals surface area contributed by atoms with E-state index in [1.807, 2.05) is 23.9 Å². The molecular formula is C12H16N4. The van der Waals surface area contributed by atoms with Gasteiger partial charge in [-0.2, -0.15) is 10.5 Å². The maximum Gasteiger partial charge on any atom is 0.120 e. The molecule has 0 bridgehead atoms. The molecule has 0 aromatic carbocycles. The van der Waals surface area contributed by atoms with Crippen molar-refractivity contribution in [3.8, 4) is 12.1 Å². The Morgan fingerprint density at radius 1 is 1.50 bits per heavy atom. The maximum atomic E-state index is 8.81. The first kappa shape index (κ1) is 12.3. The van der Waals surface area contributed by atoms with E-state index in [0.717, 1.165) is 12.0 Å². The van der Waals surface area contributed by atoms with Gasteiger partial charge < -0.3 is 9.88 Å². The second kappa shape index (κ2) is 5.95. The third-order valence-corrected chi connectivity index (χ3v) is 2.60. The van der Waals surface area contributed by atoms with Gasteiger partial charge in [-0.25, -0.2) is 0 Å². The van der Waals surface area contributed by atoms with Gasteiger partial charge in [0.25, 0.3) is 0 Å². The minimum Gasteiger partial charge on any atom is -0.342 e. The molecule has 0 saturated carbocycles. The topological polar surface area (TPSA) is 64.5 Å². The minimum absolute atomic E-state index is 0.232. The monoisotopic (exact) mass is 216 g/mol. The molecule has 4 heteroatoms. The van der Waals surface area contributed by atoms with E-state index in [2.05, 4.69) is 24.4 Å². The molecule has 4 nitrogen and oxygen atoms in total. The molecule has 0 fully saturated rings. The van der Waals surface area contributed by atoms with Gasteiger partial charge in [0.2, 0.25) is 0 Å². The second-order valence-corrected chi connectivity index (χ2v) is 3.80. The van der Waals surface area contributed by atoms with Crippen LogP contribution in [0.15, 0.2) is 12.3 Å². The van der Waals surface area contributed by atoms with Gasteiger partial charge in [-0.3, -0.25) is 0 Å². The van der Waals surface area contributed by atoms with Crippen LogP contribution in [0.5, 0.6) is 0 Å². The molecule has 0 aliphatic rings. The number of aryl methyl sites for hydroxylation is 1. The summed E-state index contributed by atoms with van der Waals surface area (Å²) in [6.07, 6.45) is 3.39. The summed E-state index contributed by atoms with van der Waals surface area (Å²) in [4.78, 5) is 0. The molecule has 0 aliphatic heterocycles. The van der Waals surface area contributed by atoms with Gasteiger partial charge in [0.05, 0.1) is 12.5 Å². The van der Waals surface area contributed by atoms with Crippen LogP contribution in [0, 0.1) is 22.7 Å². The van der Waals surface area contributed by atoms with Crippen LogP contribution in [0.3, 0.4) is 0 Å². The Hall–Kier alpha value is -1.78. The Bertz CT molecular complexity index is 419. The lowest BCUT2D eigenvalue weighted by atomic mass is 10.1. The third kappa shape index (κ3) is 3.12. The summed E-state index contributed by atoms with van der Waals surface area (Å²) in [5.74, 6) is 0. The largest absolute Gasteiger partial charge is 0.342 e. The normalized spacial score (nSPS) is 11.8. The first-order valence-corrected chi connectivity index (χ1v) is 5.37. The molecule has 1 aromatic rings. The van der Waals surface area contributed by atoms with Crippen molar-refractivity contribution in [2.45, 2.75) is 32.4 Å². The molecule has 0 spiro atoms. The summed E-state index contributed by atoms with van der Waals surface area (Å²) in [6.45, 7) is 2.76. The summed E-state index contributed by atoms with van der Waals surface area (Å²) in [5, 5.41) is 20.7. The Morgan fingerprint density at radius 2 is 2.25 bits per heavy atom. The van der Waals surface area contributed by atoms with Crippen molar-refractivity contribution in [2.75, 3.05) is 0 Å². The maximum absolute atomic E-state index is 8.81. The summed E-state index contributed by atoms with van der Waals surface area (Å²) in [6, 6.07) is 6.39. The van der Waals surface area contributed by atoms with E-state index in [1.54, 1.807) is 0 Å². The highest BCUT2D eigenvalue weighted by Gasteiger charge is 2.06. The van der Waals surface area contributed by atoms with E-state index >= 15 is 0 Å². The van der Waals surface area contributed by atoms with Crippen LogP contribution in [0.1, 0.15) is 31.0 Å². The highest BCUT2D eigenvalue weighted by Crippen LogP contribution is 2.07. The Kier molecular flexibility index (Phi) is 4.57. The van der Waals surface area contributed by atoms with Gasteiger partial charge in [0, 0.05) is 25.8 Å². The zero-order chi connectivity index (χ0) is 12.0. The highest BCUT2D eigenvalue weighted by molar-refractivity contribution is 5.28. The van der Waals surface area contributed by atoms with Crippen molar-refractivity contribution in [1.29, 1.82) is 10.5 Å². The number of nitrogens with zero attached hydrogens (tertiary/aromatic N) is 3. The Balaban J connectivity index is 2.55. The summed E-state index contributed by atoms with van der Waals surface area (Å²) >= 11 is 0. The Morgan fingerprint density at radius 3 is 2.75 bits per heavy atom. The molecule has 1 unspecified atom stereocenters. The number of hydrogen-bond donors (Lipinski definition) is 1. The lowest BCUT2D eigenvalue weighted by Gasteiger charge is -2.12. The van der Waals surface area contributed by atoms with Crippen LogP contribution < -0.4 is 5.32 Å². The molecule has 1 N–H and O–H groups in total. The van der Waals surface area contributed by atoms with Crippen LogP contribution in [0.25, 0.3) is 0 Å². The zero-order valence-corrected chi connectivity index (χ0v) is 9.70. The molecule has 16 heavy (non-hydrogen) atoms. The van der Waals surface area contributed by atoms with Crippen molar-refractivity contribution in [3.63, 3.8) is 0 Å². The van der Waals surface area contributed by atoms with Gasteiger partial charge in [-0.1, -0.05) is 6.92 Å². The number of nitrogens with one attached hydrogen (secondary N) is 1. The molecule has 0 radical (unpaired) electrons. The van der Waals surface area contributed by atoms with Crippen LogP contribution in [-0.4, -0.2) is 10.6 Å². The molecule has 0 aliphatic carbocycles. The zero-order valence-electron chi connectivity index (χ0n) is 9.70. The van der Waals surface area contributed by atoms with E-state index in [4.69, 9.17) is 10.5 Å². The highest BCUT2D eigenvalue weighted by atomic mass is 14.9. The average molecular weight is 216 g/mol. The molecule has 1 rings (SSSR count).